The third-order valence-corrected chi connectivity index (χ3v) is 6.64. The second kappa shape index (κ2) is 9.86. The summed E-state index contributed by atoms with van der Waals surface area (Å²) in [6.07, 6.45) is 0. The molecule has 1 amide bonds. The number of anilines is 1. The molecule has 170 valence electrons. The smallest absolute Gasteiger partial charge is 0.254 e. The molecule has 2 aliphatic rings. The van der Waals surface area contributed by atoms with Gasteiger partial charge in [0.15, 0.2) is 0 Å². The van der Waals surface area contributed by atoms with Gasteiger partial charge in [-0.1, -0.05) is 35.9 Å². The molecule has 3 aromatic carbocycles. The number of amides is 1. The minimum absolute atomic E-state index is 0.00514. The lowest BCUT2D eigenvalue weighted by Crippen LogP contribution is -2.45. The zero-order chi connectivity index (χ0) is 22.6. The Hall–Kier alpha value is -3.02. The Labute approximate surface area is 200 Å². The molecule has 0 aromatic heterocycles. The first-order valence-corrected chi connectivity index (χ1v) is 11.9. The Morgan fingerprint density at radius 3 is 2.39 bits per heavy atom. The fraction of sp³-hybridized carbons (Fsp3) is 0.296. The number of nitrogens with zero attached hydrogens (tertiary/aromatic N) is 3. The summed E-state index contributed by atoms with van der Waals surface area (Å²) in [5.41, 5.74) is 4.27. The van der Waals surface area contributed by atoms with Crippen LogP contribution in [0.3, 0.4) is 0 Å². The van der Waals surface area contributed by atoms with E-state index in [0.29, 0.717) is 30.3 Å². The topological polar surface area (TPSA) is 36.0 Å². The van der Waals surface area contributed by atoms with E-state index < -0.39 is 0 Å². The minimum Gasteiger partial charge on any atom is -0.491 e. The van der Waals surface area contributed by atoms with Crippen LogP contribution in [0.25, 0.3) is 0 Å². The lowest BCUT2D eigenvalue weighted by atomic mass is 10.1. The van der Waals surface area contributed by atoms with Crippen LogP contribution in [0.5, 0.6) is 5.75 Å². The van der Waals surface area contributed by atoms with Gasteiger partial charge in [0.25, 0.3) is 5.91 Å². The van der Waals surface area contributed by atoms with Crippen molar-refractivity contribution in [2.45, 2.75) is 13.1 Å². The maximum atomic E-state index is 13.0. The number of piperazine rings is 1. The van der Waals surface area contributed by atoms with Crippen LogP contribution in [0.2, 0.25) is 5.02 Å². The molecule has 2 heterocycles. The van der Waals surface area contributed by atoms with Crippen molar-refractivity contribution in [3.63, 3.8) is 0 Å². The van der Waals surface area contributed by atoms with Gasteiger partial charge in [0.2, 0.25) is 0 Å². The van der Waals surface area contributed by atoms with Gasteiger partial charge in [-0.3, -0.25) is 9.69 Å². The molecule has 0 saturated carbocycles. The highest BCUT2D eigenvalue weighted by atomic mass is 35.5. The SMILES string of the molecule is O=C(c1ccc(Cl)cc1)N1CCOc2ccc(CN3CCN(c4ccccc4)CC3)cc2C1. The number of halogens is 1. The summed E-state index contributed by atoms with van der Waals surface area (Å²) in [6, 6.07) is 24.1. The fourth-order valence-corrected chi connectivity index (χ4v) is 4.68. The van der Waals surface area contributed by atoms with Crippen LogP contribution < -0.4 is 9.64 Å². The molecule has 0 radical (unpaired) electrons. The molecule has 0 aliphatic carbocycles. The van der Waals surface area contributed by atoms with Gasteiger partial charge in [0, 0.05) is 61.1 Å². The van der Waals surface area contributed by atoms with E-state index in [2.05, 4.69) is 58.3 Å². The van der Waals surface area contributed by atoms with Gasteiger partial charge in [0.1, 0.15) is 12.4 Å². The van der Waals surface area contributed by atoms with Crippen molar-refractivity contribution in [1.82, 2.24) is 9.80 Å². The van der Waals surface area contributed by atoms with Crippen LogP contribution in [0, 0.1) is 0 Å². The first kappa shape index (κ1) is 21.8. The molecule has 0 bridgehead atoms. The van der Waals surface area contributed by atoms with Gasteiger partial charge >= 0.3 is 0 Å². The summed E-state index contributed by atoms with van der Waals surface area (Å²) >= 11 is 5.98. The molecular formula is C27H28ClN3O2. The Bertz CT molecular complexity index is 1100. The molecule has 5 rings (SSSR count). The third kappa shape index (κ3) is 5.15. The average molecular weight is 462 g/mol. The number of para-hydroxylation sites is 1. The number of ether oxygens (including phenoxy) is 1. The second-order valence-electron chi connectivity index (χ2n) is 8.62. The number of hydrogen-bond acceptors (Lipinski definition) is 4. The largest absolute Gasteiger partial charge is 0.491 e. The maximum Gasteiger partial charge on any atom is 0.254 e. The molecule has 1 fully saturated rings. The van der Waals surface area contributed by atoms with Gasteiger partial charge in [-0.15, -0.1) is 0 Å². The fourth-order valence-electron chi connectivity index (χ4n) is 4.56. The number of rotatable bonds is 4. The molecule has 5 nitrogen and oxygen atoms in total. The molecule has 2 aliphatic heterocycles. The summed E-state index contributed by atoms with van der Waals surface area (Å²) in [5.74, 6) is 0.879. The highest BCUT2D eigenvalue weighted by Gasteiger charge is 2.22. The number of carbonyl (C=O) groups excluding carboxylic acids is 1. The summed E-state index contributed by atoms with van der Waals surface area (Å²) < 4.78 is 5.96. The molecule has 3 aromatic rings. The van der Waals surface area contributed by atoms with Crippen LogP contribution in [-0.2, 0) is 13.1 Å². The van der Waals surface area contributed by atoms with E-state index in [-0.39, 0.29) is 5.91 Å². The van der Waals surface area contributed by atoms with Crippen LogP contribution in [0.1, 0.15) is 21.5 Å². The van der Waals surface area contributed by atoms with Gasteiger partial charge in [-0.2, -0.15) is 0 Å². The van der Waals surface area contributed by atoms with Crippen molar-refractivity contribution >= 4 is 23.2 Å². The molecule has 0 atom stereocenters. The van der Waals surface area contributed by atoms with Crippen LogP contribution in [0.4, 0.5) is 5.69 Å². The van der Waals surface area contributed by atoms with Gasteiger partial charge in [-0.05, 0) is 54.1 Å². The number of hydrogen-bond donors (Lipinski definition) is 0. The lowest BCUT2D eigenvalue weighted by Gasteiger charge is -2.36. The van der Waals surface area contributed by atoms with Crippen LogP contribution in [-0.4, -0.2) is 55.0 Å². The highest BCUT2D eigenvalue weighted by Crippen LogP contribution is 2.26. The van der Waals surface area contributed by atoms with Crippen molar-refractivity contribution in [2.24, 2.45) is 0 Å². The van der Waals surface area contributed by atoms with Gasteiger partial charge in [0.05, 0.1) is 6.54 Å². The molecule has 0 N–H and O–H groups in total. The summed E-state index contributed by atoms with van der Waals surface area (Å²) in [6.45, 7) is 6.63. The first-order valence-electron chi connectivity index (χ1n) is 11.5. The zero-order valence-electron chi connectivity index (χ0n) is 18.6. The van der Waals surface area contributed by atoms with E-state index >= 15 is 0 Å². The van der Waals surface area contributed by atoms with Crippen molar-refractivity contribution in [3.8, 4) is 5.75 Å². The zero-order valence-corrected chi connectivity index (χ0v) is 19.4. The van der Waals surface area contributed by atoms with E-state index in [0.717, 1.165) is 44.0 Å². The Morgan fingerprint density at radius 2 is 1.64 bits per heavy atom. The van der Waals surface area contributed by atoms with Crippen LogP contribution in [0.15, 0.2) is 72.8 Å². The van der Waals surface area contributed by atoms with E-state index in [1.165, 1.54) is 11.3 Å². The summed E-state index contributed by atoms with van der Waals surface area (Å²) in [4.78, 5) is 19.8. The van der Waals surface area contributed by atoms with Crippen molar-refractivity contribution in [1.29, 1.82) is 0 Å². The summed E-state index contributed by atoms with van der Waals surface area (Å²) in [5, 5.41) is 0.630. The number of benzene rings is 3. The summed E-state index contributed by atoms with van der Waals surface area (Å²) in [7, 11) is 0. The van der Waals surface area contributed by atoms with Crippen molar-refractivity contribution < 1.29 is 9.53 Å². The van der Waals surface area contributed by atoms with Crippen molar-refractivity contribution in [2.75, 3.05) is 44.2 Å². The van der Waals surface area contributed by atoms with Gasteiger partial charge in [-0.25, -0.2) is 0 Å². The average Bonchev–Trinajstić information content (AvgIpc) is 3.07. The number of fused-ring (bicyclic) bond motifs is 1. The lowest BCUT2D eigenvalue weighted by molar-refractivity contribution is 0.0733. The van der Waals surface area contributed by atoms with E-state index in [4.69, 9.17) is 16.3 Å². The molecule has 0 unspecified atom stereocenters. The molecule has 1 saturated heterocycles. The minimum atomic E-state index is 0.00514. The second-order valence-corrected chi connectivity index (χ2v) is 9.06. The molecule has 0 spiro atoms. The molecule has 33 heavy (non-hydrogen) atoms. The van der Waals surface area contributed by atoms with Crippen LogP contribution >= 0.6 is 11.6 Å². The monoisotopic (exact) mass is 461 g/mol. The third-order valence-electron chi connectivity index (χ3n) is 6.38. The standard InChI is InChI=1S/C27H28ClN3O2/c28-24-9-7-22(8-10-24)27(32)31-16-17-33-26-11-6-21(18-23(26)20-31)19-29-12-14-30(15-13-29)25-4-2-1-3-5-25/h1-11,18H,12-17,19-20H2. The van der Waals surface area contributed by atoms with E-state index in [9.17, 15) is 4.79 Å². The molecule has 6 heteroatoms. The van der Waals surface area contributed by atoms with E-state index in [1.54, 1.807) is 24.3 Å². The number of carbonyl (C=O) groups is 1. The quantitative estimate of drug-likeness (QED) is 0.564. The predicted molar refractivity (Wildman–Crippen MR) is 132 cm³/mol. The Balaban J connectivity index is 1.24. The van der Waals surface area contributed by atoms with E-state index in [1.807, 2.05) is 4.90 Å². The Kier molecular flexibility index (Phi) is 6.51. The van der Waals surface area contributed by atoms with Gasteiger partial charge < -0.3 is 14.5 Å². The highest BCUT2D eigenvalue weighted by molar-refractivity contribution is 6.30. The predicted octanol–water partition coefficient (Wildman–Crippen LogP) is 4.70. The molecular weight excluding hydrogens is 434 g/mol. The Morgan fingerprint density at radius 1 is 0.879 bits per heavy atom. The maximum absolute atomic E-state index is 13.0. The normalized spacial score (nSPS) is 16.6. The first-order chi connectivity index (χ1) is 16.2. The van der Waals surface area contributed by atoms with Crippen molar-refractivity contribution in [3.05, 3.63) is 94.5 Å².